The van der Waals surface area contributed by atoms with Gasteiger partial charge in [-0.1, -0.05) is 26.0 Å². The standard InChI is InChI=1S/C24H31N3O6/c1-5-32-19-9-7-6-8-18(19)24(30)25-15-22(28)26-27-23(29)17-10-11-20(21(14-17)31-4)33-13-12-16(2)3/h6-11,14,16H,5,12-13,15H2,1-4H3,(H,25,30)(H,26,28)(H,27,29). The Morgan fingerprint density at radius 3 is 2.36 bits per heavy atom. The summed E-state index contributed by atoms with van der Waals surface area (Å²) in [6.07, 6.45) is 0.894. The van der Waals surface area contributed by atoms with Gasteiger partial charge in [0.1, 0.15) is 5.75 Å². The third-order valence-electron chi connectivity index (χ3n) is 4.54. The maximum absolute atomic E-state index is 12.4. The van der Waals surface area contributed by atoms with Gasteiger partial charge in [-0.15, -0.1) is 0 Å². The van der Waals surface area contributed by atoms with Gasteiger partial charge in [0.05, 0.1) is 32.4 Å². The van der Waals surface area contributed by atoms with Crippen molar-refractivity contribution in [3.8, 4) is 17.2 Å². The van der Waals surface area contributed by atoms with Gasteiger partial charge < -0.3 is 19.5 Å². The van der Waals surface area contributed by atoms with Gasteiger partial charge in [-0.3, -0.25) is 25.2 Å². The quantitative estimate of drug-likeness (QED) is 0.447. The molecule has 0 atom stereocenters. The van der Waals surface area contributed by atoms with Crippen molar-refractivity contribution in [2.75, 3.05) is 26.9 Å². The van der Waals surface area contributed by atoms with Crippen molar-refractivity contribution in [3.05, 3.63) is 53.6 Å². The van der Waals surface area contributed by atoms with Gasteiger partial charge >= 0.3 is 0 Å². The second-order valence-electron chi connectivity index (χ2n) is 7.51. The minimum Gasteiger partial charge on any atom is -0.493 e. The lowest BCUT2D eigenvalue weighted by Gasteiger charge is -2.13. The zero-order chi connectivity index (χ0) is 24.2. The van der Waals surface area contributed by atoms with E-state index in [-0.39, 0.29) is 12.1 Å². The first-order valence-electron chi connectivity index (χ1n) is 10.8. The van der Waals surface area contributed by atoms with Crippen LogP contribution in [0.15, 0.2) is 42.5 Å². The van der Waals surface area contributed by atoms with Crippen molar-refractivity contribution < 1.29 is 28.6 Å². The zero-order valence-corrected chi connectivity index (χ0v) is 19.4. The van der Waals surface area contributed by atoms with Crippen LogP contribution in [0.25, 0.3) is 0 Å². The van der Waals surface area contributed by atoms with E-state index in [1.54, 1.807) is 36.4 Å². The van der Waals surface area contributed by atoms with Gasteiger partial charge in [0.15, 0.2) is 11.5 Å². The van der Waals surface area contributed by atoms with E-state index in [1.165, 1.54) is 13.2 Å². The van der Waals surface area contributed by atoms with Crippen molar-refractivity contribution >= 4 is 17.7 Å². The minimum atomic E-state index is -0.591. The number of amides is 3. The third kappa shape index (κ3) is 8.03. The van der Waals surface area contributed by atoms with Crippen molar-refractivity contribution in [1.29, 1.82) is 0 Å². The summed E-state index contributed by atoms with van der Waals surface area (Å²) in [5.74, 6) is 0.297. The van der Waals surface area contributed by atoms with E-state index in [4.69, 9.17) is 14.2 Å². The van der Waals surface area contributed by atoms with Gasteiger partial charge in [-0.05, 0) is 49.6 Å². The fraction of sp³-hybridized carbons (Fsp3) is 0.375. The lowest BCUT2D eigenvalue weighted by molar-refractivity contribution is -0.120. The Balaban J connectivity index is 1.86. The molecule has 0 unspecified atom stereocenters. The van der Waals surface area contributed by atoms with E-state index in [0.29, 0.717) is 41.9 Å². The van der Waals surface area contributed by atoms with Gasteiger partial charge in [0.25, 0.3) is 17.7 Å². The summed E-state index contributed by atoms with van der Waals surface area (Å²) in [6.45, 7) is 6.64. The Morgan fingerprint density at radius 1 is 0.909 bits per heavy atom. The molecule has 2 aromatic rings. The minimum absolute atomic E-state index is 0.276. The van der Waals surface area contributed by atoms with Crippen LogP contribution in [0.3, 0.4) is 0 Å². The fourth-order valence-electron chi connectivity index (χ4n) is 2.77. The molecule has 0 saturated heterocycles. The van der Waals surface area contributed by atoms with Crippen LogP contribution in [0.5, 0.6) is 17.2 Å². The number of hydrogen-bond donors (Lipinski definition) is 3. The number of ether oxygens (including phenoxy) is 3. The summed E-state index contributed by atoms with van der Waals surface area (Å²) in [5, 5.41) is 2.50. The molecule has 0 aromatic heterocycles. The summed E-state index contributed by atoms with van der Waals surface area (Å²) >= 11 is 0. The van der Waals surface area contributed by atoms with Crippen LogP contribution in [-0.4, -0.2) is 44.6 Å². The van der Waals surface area contributed by atoms with E-state index in [9.17, 15) is 14.4 Å². The van der Waals surface area contributed by atoms with Crippen LogP contribution < -0.4 is 30.4 Å². The highest BCUT2D eigenvalue weighted by molar-refractivity contribution is 5.99. The number of carbonyl (C=O) groups excluding carboxylic acids is 3. The fourth-order valence-corrected chi connectivity index (χ4v) is 2.77. The zero-order valence-electron chi connectivity index (χ0n) is 19.4. The maximum atomic E-state index is 12.4. The molecule has 0 fully saturated rings. The summed E-state index contributed by atoms with van der Waals surface area (Å²) < 4.78 is 16.4. The number of methoxy groups -OCH3 is 1. The SMILES string of the molecule is CCOc1ccccc1C(=O)NCC(=O)NNC(=O)c1ccc(OCCC(C)C)c(OC)c1. The smallest absolute Gasteiger partial charge is 0.269 e. The number of rotatable bonds is 11. The first-order valence-corrected chi connectivity index (χ1v) is 10.8. The molecular formula is C24H31N3O6. The molecular weight excluding hydrogens is 426 g/mol. The van der Waals surface area contributed by atoms with E-state index in [0.717, 1.165) is 6.42 Å². The Hall–Kier alpha value is -3.75. The van der Waals surface area contributed by atoms with Crippen LogP contribution in [0.2, 0.25) is 0 Å². The molecule has 0 heterocycles. The molecule has 0 spiro atoms. The summed E-state index contributed by atoms with van der Waals surface area (Å²) in [5.41, 5.74) is 5.18. The molecule has 0 aliphatic heterocycles. The number of benzene rings is 2. The first-order chi connectivity index (χ1) is 15.8. The maximum Gasteiger partial charge on any atom is 0.269 e. The molecule has 33 heavy (non-hydrogen) atoms. The van der Waals surface area contributed by atoms with Crippen LogP contribution in [0.1, 0.15) is 47.9 Å². The van der Waals surface area contributed by atoms with Gasteiger partial charge in [0, 0.05) is 5.56 Å². The molecule has 9 heteroatoms. The molecule has 2 rings (SSSR count). The molecule has 178 valence electrons. The molecule has 3 N–H and O–H groups in total. The number of carbonyl (C=O) groups is 3. The summed E-state index contributed by atoms with van der Waals surface area (Å²) in [7, 11) is 1.49. The van der Waals surface area contributed by atoms with E-state index < -0.39 is 17.7 Å². The Kier molecular flexibility index (Phi) is 10.0. The van der Waals surface area contributed by atoms with E-state index >= 15 is 0 Å². The van der Waals surface area contributed by atoms with Crippen LogP contribution in [0, 0.1) is 5.92 Å². The molecule has 2 aromatic carbocycles. The monoisotopic (exact) mass is 457 g/mol. The normalized spacial score (nSPS) is 10.3. The third-order valence-corrected chi connectivity index (χ3v) is 4.54. The summed E-state index contributed by atoms with van der Waals surface area (Å²) in [4.78, 5) is 36.8. The molecule has 0 radical (unpaired) electrons. The largest absolute Gasteiger partial charge is 0.493 e. The Labute approximate surface area is 193 Å². The van der Waals surface area contributed by atoms with Crippen LogP contribution >= 0.6 is 0 Å². The van der Waals surface area contributed by atoms with Gasteiger partial charge in [-0.25, -0.2) is 0 Å². The molecule has 0 aliphatic carbocycles. The molecule has 9 nitrogen and oxygen atoms in total. The summed E-state index contributed by atoms with van der Waals surface area (Å²) in [6, 6.07) is 11.5. The number of nitrogens with one attached hydrogen (secondary N) is 3. The van der Waals surface area contributed by atoms with Crippen molar-refractivity contribution in [2.24, 2.45) is 5.92 Å². The molecule has 3 amide bonds. The molecule has 0 saturated carbocycles. The highest BCUT2D eigenvalue weighted by Crippen LogP contribution is 2.28. The lowest BCUT2D eigenvalue weighted by atomic mass is 10.1. The van der Waals surface area contributed by atoms with Crippen molar-refractivity contribution in [2.45, 2.75) is 27.2 Å². The number of hydrazine groups is 1. The average molecular weight is 458 g/mol. The predicted molar refractivity (Wildman–Crippen MR) is 123 cm³/mol. The lowest BCUT2D eigenvalue weighted by Crippen LogP contribution is -2.46. The van der Waals surface area contributed by atoms with Gasteiger partial charge in [-0.2, -0.15) is 0 Å². The van der Waals surface area contributed by atoms with Crippen LogP contribution in [-0.2, 0) is 4.79 Å². The number of hydrogen-bond acceptors (Lipinski definition) is 6. The topological polar surface area (TPSA) is 115 Å². The Morgan fingerprint density at radius 2 is 1.67 bits per heavy atom. The second-order valence-corrected chi connectivity index (χ2v) is 7.51. The first kappa shape index (κ1) is 25.5. The average Bonchev–Trinajstić information content (AvgIpc) is 2.81. The number of para-hydroxylation sites is 1. The Bertz CT molecular complexity index is 961. The van der Waals surface area contributed by atoms with Crippen molar-refractivity contribution in [1.82, 2.24) is 16.2 Å². The molecule has 0 bridgehead atoms. The molecule has 0 aliphatic rings. The van der Waals surface area contributed by atoms with E-state index in [1.807, 2.05) is 6.92 Å². The van der Waals surface area contributed by atoms with Crippen molar-refractivity contribution in [3.63, 3.8) is 0 Å². The van der Waals surface area contributed by atoms with E-state index in [2.05, 4.69) is 30.0 Å². The highest BCUT2D eigenvalue weighted by Gasteiger charge is 2.15. The van der Waals surface area contributed by atoms with Gasteiger partial charge in [0.2, 0.25) is 0 Å². The predicted octanol–water partition coefficient (Wildman–Crippen LogP) is 2.71. The second kappa shape index (κ2) is 12.9. The van der Waals surface area contributed by atoms with Crippen LogP contribution in [0.4, 0.5) is 0 Å². The highest BCUT2D eigenvalue weighted by atomic mass is 16.5.